The fourth-order valence-electron chi connectivity index (χ4n) is 2.38. The molecule has 124 valence electrons. The maximum Gasteiger partial charge on any atom is 0.289 e. The predicted molar refractivity (Wildman–Crippen MR) is 88.2 cm³/mol. The molecule has 1 heterocycles. The number of hydrogen-bond donors (Lipinski definition) is 4. The van der Waals surface area contributed by atoms with Gasteiger partial charge in [0.25, 0.3) is 5.91 Å². The molecule has 0 aliphatic heterocycles. The van der Waals surface area contributed by atoms with Crippen LogP contribution in [-0.2, 0) is 16.0 Å². The van der Waals surface area contributed by atoms with Gasteiger partial charge in [-0.05, 0) is 38.1 Å². The Bertz CT molecular complexity index is 696. The summed E-state index contributed by atoms with van der Waals surface area (Å²) in [5.41, 5.74) is 7.39. The summed E-state index contributed by atoms with van der Waals surface area (Å²) in [6.45, 7) is 2.03. The minimum atomic E-state index is -0.582. The predicted octanol–water partition coefficient (Wildman–Crippen LogP) is 0.517. The van der Waals surface area contributed by atoms with Crippen molar-refractivity contribution in [1.82, 2.24) is 21.2 Å². The van der Waals surface area contributed by atoms with E-state index in [1.807, 2.05) is 24.4 Å². The molecule has 7 heteroatoms. The quantitative estimate of drug-likeness (QED) is 0.420. The molecule has 0 radical (unpaired) electrons. The van der Waals surface area contributed by atoms with Gasteiger partial charge in [-0.2, -0.15) is 0 Å². The first-order chi connectivity index (χ1) is 11.1. The zero-order chi connectivity index (χ0) is 16.8. The smallest absolute Gasteiger partial charge is 0.289 e. The third kappa shape index (κ3) is 4.08. The van der Waals surface area contributed by atoms with E-state index in [2.05, 4.69) is 21.2 Å². The standard InChI is InChI=1S/C16H22N4O3/c1-10(20-17-2)15(21)16(22)18-7-6-11-9-19-14-8-12(23-3)4-5-13(11)14/h4-5,8-10,17,19-20H,6-7H2,1-3H3,(H,18,22). The number of ether oxygens (including phenoxy) is 1. The van der Waals surface area contributed by atoms with Gasteiger partial charge in [0, 0.05) is 29.7 Å². The highest BCUT2D eigenvalue weighted by atomic mass is 16.5. The van der Waals surface area contributed by atoms with E-state index in [0.717, 1.165) is 22.2 Å². The number of aromatic amines is 1. The van der Waals surface area contributed by atoms with E-state index in [0.29, 0.717) is 13.0 Å². The summed E-state index contributed by atoms with van der Waals surface area (Å²) < 4.78 is 5.19. The maximum atomic E-state index is 11.8. The van der Waals surface area contributed by atoms with Crippen LogP contribution in [0.5, 0.6) is 5.75 Å². The van der Waals surface area contributed by atoms with Crippen LogP contribution in [0.1, 0.15) is 12.5 Å². The number of hydrazine groups is 1. The Morgan fingerprint density at radius 1 is 1.35 bits per heavy atom. The number of benzene rings is 1. The molecule has 2 aromatic rings. The third-order valence-corrected chi connectivity index (χ3v) is 3.63. The first-order valence-corrected chi connectivity index (χ1v) is 7.45. The monoisotopic (exact) mass is 318 g/mol. The molecule has 0 saturated heterocycles. The maximum absolute atomic E-state index is 11.8. The molecular formula is C16H22N4O3. The molecule has 4 N–H and O–H groups in total. The highest BCUT2D eigenvalue weighted by Crippen LogP contribution is 2.23. The number of rotatable bonds is 8. The molecule has 1 unspecified atom stereocenters. The summed E-state index contributed by atoms with van der Waals surface area (Å²) in [4.78, 5) is 26.7. The summed E-state index contributed by atoms with van der Waals surface area (Å²) in [7, 11) is 3.27. The zero-order valence-corrected chi connectivity index (χ0v) is 13.5. The number of aromatic nitrogens is 1. The van der Waals surface area contributed by atoms with Crippen molar-refractivity contribution in [3.05, 3.63) is 30.0 Å². The molecule has 0 fully saturated rings. The van der Waals surface area contributed by atoms with E-state index >= 15 is 0 Å². The molecule has 23 heavy (non-hydrogen) atoms. The molecular weight excluding hydrogens is 296 g/mol. The largest absolute Gasteiger partial charge is 0.497 e. The van der Waals surface area contributed by atoms with Gasteiger partial charge in [-0.1, -0.05) is 0 Å². The Kier molecular flexibility index (Phi) is 5.72. The Balaban J connectivity index is 1.91. The van der Waals surface area contributed by atoms with Crippen LogP contribution in [0.15, 0.2) is 24.4 Å². The highest BCUT2D eigenvalue weighted by Gasteiger charge is 2.20. The Morgan fingerprint density at radius 2 is 2.13 bits per heavy atom. The Labute approximate surface area is 134 Å². The second-order valence-corrected chi connectivity index (χ2v) is 5.21. The molecule has 2 rings (SSSR count). The SMILES string of the molecule is CNNC(C)C(=O)C(=O)NCCc1c[nH]c2cc(OC)ccc12. The van der Waals surface area contributed by atoms with Crippen LogP contribution in [0.25, 0.3) is 10.9 Å². The van der Waals surface area contributed by atoms with Crippen molar-refractivity contribution in [2.75, 3.05) is 20.7 Å². The summed E-state index contributed by atoms with van der Waals surface area (Å²) in [6.07, 6.45) is 2.54. The number of Topliss-reactive ketones (excluding diaryl/α,β-unsaturated/α-hetero) is 1. The molecule has 1 amide bonds. The van der Waals surface area contributed by atoms with Crippen LogP contribution in [0, 0.1) is 0 Å². The van der Waals surface area contributed by atoms with Gasteiger partial charge < -0.3 is 15.0 Å². The van der Waals surface area contributed by atoms with E-state index < -0.39 is 17.7 Å². The van der Waals surface area contributed by atoms with Crippen molar-refractivity contribution in [1.29, 1.82) is 0 Å². The van der Waals surface area contributed by atoms with Crippen molar-refractivity contribution in [3.8, 4) is 5.75 Å². The van der Waals surface area contributed by atoms with Crippen molar-refractivity contribution in [2.24, 2.45) is 0 Å². The van der Waals surface area contributed by atoms with Crippen LogP contribution in [-0.4, -0.2) is 43.4 Å². The van der Waals surface area contributed by atoms with Gasteiger partial charge in [-0.3, -0.25) is 15.0 Å². The fraction of sp³-hybridized carbons (Fsp3) is 0.375. The van der Waals surface area contributed by atoms with Crippen molar-refractivity contribution in [3.63, 3.8) is 0 Å². The van der Waals surface area contributed by atoms with Crippen LogP contribution >= 0.6 is 0 Å². The number of carbonyl (C=O) groups excluding carboxylic acids is 2. The average molecular weight is 318 g/mol. The van der Waals surface area contributed by atoms with Gasteiger partial charge >= 0.3 is 0 Å². The molecule has 7 nitrogen and oxygen atoms in total. The minimum Gasteiger partial charge on any atom is -0.497 e. The molecule has 0 spiro atoms. The van der Waals surface area contributed by atoms with Gasteiger partial charge in [0.2, 0.25) is 5.78 Å². The van der Waals surface area contributed by atoms with E-state index in [-0.39, 0.29) is 0 Å². The lowest BCUT2D eigenvalue weighted by Crippen LogP contribution is -2.47. The van der Waals surface area contributed by atoms with Gasteiger partial charge in [0.15, 0.2) is 0 Å². The summed E-state index contributed by atoms with van der Waals surface area (Å²) in [5.74, 6) is -0.291. The van der Waals surface area contributed by atoms with Crippen molar-refractivity contribution < 1.29 is 14.3 Å². The normalized spacial score (nSPS) is 12.1. The molecule has 0 saturated carbocycles. The lowest BCUT2D eigenvalue weighted by Gasteiger charge is -2.11. The molecule has 0 bridgehead atoms. The van der Waals surface area contributed by atoms with Gasteiger partial charge in [-0.15, -0.1) is 0 Å². The second-order valence-electron chi connectivity index (χ2n) is 5.21. The van der Waals surface area contributed by atoms with Crippen LogP contribution < -0.4 is 20.9 Å². The lowest BCUT2D eigenvalue weighted by molar-refractivity contribution is -0.139. The van der Waals surface area contributed by atoms with E-state index in [4.69, 9.17) is 4.74 Å². The number of nitrogens with one attached hydrogen (secondary N) is 4. The summed E-state index contributed by atoms with van der Waals surface area (Å²) in [6, 6.07) is 5.23. The number of H-pyrrole nitrogens is 1. The second kappa shape index (κ2) is 7.75. The Hall–Kier alpha value is -2.38. The van der Waals surface area contributed by atoms with Gasteiger partial charge in [-0.25, -0.2) is 5.43 Å². The molecule has 0 aliphatic rings. The molecule has 1 aromatic carbocycles. The van der Waals surface area contributed by atoms with Crippen LogP contribution in [0.2, 0.25) is 0 Å². The molecule has 1 atom stereocenters. The Morgan fingerprint density at radius 3 is 2.83 bits per heavy atom. The van der Waals surface area contributed by atoms with Crippen LogP contribution in [0.3, 0.4) is 0 Å². The van der Waals surface area contributed by atoms with Gasteiger partial charge in [0.1, 0.15) is 5.75 Å². The fourth-order valence-corrected chi connectivity index (χ4v) is 2.38. The lowest BCUT2D eigenvalue weighted by atomic mass is 10.1. The highest BCUT2D eigenvalue weighted by molar-refractivity contribution is 6.38. The number of methoxy groups -OCH3 is 1. The van der Waals surface area contributed by atoms with Crippen molar-refractivity contribution >= 4 is 22.6 Å². The summed E-state index contributed by atoms with van der Waals surface area (Å²) in [5, 5.41) is 3.73. The number of carbonyl (C=O) groups is 2. The number of hydrogen-bond acceptors (Lipinski definition) is 5. The van der Waals surface area contributed by atoms with Crippen molar-refractivity contribution in [2.45, 2.75) is 19.4 Å². The molecule has 0 aliphatic carbocycles. The third-order valence-electron chi connectivity index (χ3n) is 3.63. The zero-order valence-electron chi connectivity index (χ0n) is 13.5. The topological polar surface area (TPSA) is 95.2 Å². The van der Waals surface area contributed by atoms with E-state index in [9.17, 15) is 9.59 Å². The first kappa shape index (κ1) is 17.0. The number of ketones is 1. The van der Waals surface area contributed by atoms with Crippen LogP contribution in [0.4, 0.5) is 0 Å². The summed E-state index contributed by atoms with van der Waals surface area (Å²) >= 11 is 0. The average Bonchev–Trinajstić information content (AvgIpc) is 2.96. The first-order valence-electron chi connectivity index (χ1n) is 7.45. The number of fused-ring (bicyclic) bond motifs is 1. The number of amides is 1. The van der Waals surface area contributed by atoms with Gasteiger partial charge in [0.05, 0.1) is 13.2 Å². The molecule has 1 aromatic heterocycles. The van der Waals surface area contributed by atoms with E-state index in [1.165, 1.54) is 0 Å². The minimum absolute atomic E-state index is 0.399. The van der Waals surface area contributed by atoms with E-state index in [1.54, 1.807) is 21.1 Å².